The number of methoxy groups -OCH3 is 1. The van der Waals surface area contributed by atoms with Gasteiger partial charge >= 0.3 is 0 Å². The second-order valence-electron chi connectivity index (χ2n) is 9.69. The fraction of sp³-hybridized carbons (Fsp3) is 0.538. The second-order valence-corrected chi connectivity index (χ2v) is 9.69. The Morgan fingerprint density at radius 2 is 1.87 bits per heavy atom. The van der Waals surface area contributed by atoms with E-state index in [4.69, 9.17) is 14.0 Å². The molecule has 1 fully saturated rings. The van der Waals surface area contributed by atoms with E-state index < -0.39 is 35.4 Å². The van der Waals surface area contributed by atoms with E-state index in [2.05, 4.69) is 26.1 Å². The Balaban J connectivity index is 0.000000624. The third-order valence-electron chi connectivity index (χ3n) is 5.51. The molecule has 1 aliphatic heterocycles. The summed E-state index contributed by atoms with van der Waals surface area (Å²) in [5.41, 5.74) is 0.376. The van der Waals surface area contributed by atoms with Crippen LogP contribution >= 0.6 is 0 Å². The SMILES string of the molecule is COC[C@H](NC(=O)c1cc(C)on1)C(=O)NCC(=O)NC(CC(C)C)C(=O)[C@@]1(C)CO1.Cc1cccnc1. The molecule has 1 aliphatic rings. The lowest BCUT2D eigenvalue weighted by molar-refractivity contribution is -0.131. The molecule has 1 unspecified atom stereocenters. The number of amides is 3. The van der Waals surface area contributed by atoms with Crippen molar-refractivity contribution >= 4 is 23.5 Å². The minimum absolute atomic E-state index is 0.0231. The number of hydrogen-bond donors (Lipinski definition) is 3. The summed E-state index contributed by atoms with van der Waals surface area (Å²) in [7, 11) is 1.38. The monoisotopic (exact) mass is 531 g/mol. The highest BCUT2D eigenvalue weighted by Gasteiger charge is 2.50. The molecule has 3 atom stereocenters. The van der Waals surface area contributed by atoms with Gasteiger partial charge in [-0.05, 0) is 44.7 Å². The van der Waals surface area contributed by atoms with Gasteiger partial charge in [0.15, 0.2) is 11.5 Å². The first-order chi connectivity index (χ1) is 17.9. The van der Waals surface area contributed by atoms with Gasteiger partial charge in [0.1, 0.15) is 17.4 Å². The predicted octanol–water partition coefficient (Wildman–Crippen LogP) is 1.12. The molecule has 0 bridgehead atoms. The lowest BCUT2D eigenvalue weighted by Gasteiger charge is -2.22. The molecule has 0 aromatic carbocycles. The summed E-state index contributed by atoms with van der Waals surface area (Å²) in [4.78, 5) is 53.5. The number of Topliss-reactive ketones (excluding diaryl/α,β-unsaturated/α-hetero) is 1. The summed E-state index contributed by atoms with van der Waals surface area (Å²) in [5, 5.41) is 11.2. The molecule has 2 aromatic rings. The van der Waals surface area contributed by atoms with E-state index in [-0.39, 0.29) is 30.5 Å². The topological polar surface area (TPSA) is 165 Å². The molecule has 0 radical (unpaired) electrons. The molecule has 0 aliphatic carbocycles. The lowest BCUT2D eigenvalue weighted by Crippen LogP contribution is -2.53. The first-order valence-corrected chi connectivity index (χ1v) is 12.3. The Labute approximate surface area is 222 Å². The maximum absolute atomic E-state index is 12.6. The number of rotatable bonds is 12. The normalized spacial score (nSPS) is 17.4. The number of carbonyl (C=O) groups excluding carboxylic acids is 4. The fourth-order valence-corrected chi connectivity index (χ4v) is 3.36. The highest BCUT2D eigenvalue weighted by atomic mass is 16.6. The maximum atomic E-state index is 12.6. The summed E-state index contributed by atoms with van der Waals surface area (Å²) >= 11 is 0. The van der Waals surface area contributed by atoms with E-state index in [1.54, 1.807) is 20.0 Å². The molecule has 1 saturated heterocycles. The standard InChI is InChI=1S/C20H30N4O7.C6H7N/c1-11(2)6-13(17(26)20(4)10-30-20)22-16(25)8-21-18(27)15(9-29-5)23-19(28)14-7-12(3)31-24-14;1-6-3-2-4-7-5-6/h7,11,13,15H,6,8-10H2,1-5H3,(H,21,27)(H,22,25)(H,23,28);2-5H,1H3/t13?,15-,20+;/m0./s1. The van der Waals surface area contributed by atoms with Crippen LogP contribution in [0.2, 0.25) is 0 Å². The quantitative estimate of drug-likeness (QED) is 0.340. The number of carbonyl (C=O) groups is 4. The van der Waals surface area contributed by atoms with Gasteiger partial charge in [0.2, 0.25) is 11.8 Å². The minimum atomic E-state index is -1.05. The molecule has 12 nitrogen and oxygen atoms in total. The smallest absolute Gasteiger partial charge is 0.274 e. The van der Waals surface area contributed by atoms with Gasteiger partial charge in [0, 0.05) is 25.6 Å². The molecule has 3 amide bonds. The zero-order valence-electron chi connectivity index (χ0n) is 22.7. The number of pyridine rings is 1. The van der Waals surface area contributed by atoms with Crippen molar-refractivity contribution in [3.8, 4) is 0 Å². The molecular formula is C26H37N5O7. The van der Waals surface area contributed by atoms with Crippen molar-refractivity contribution in [3.05, 3.63) is 47.6 Å². The first-order valence-electron chi connectivity index (χ1n) is 12.3. The second kappa shape index (κ2) is 14.3. The van der Waals surface area contributed by atoms with Crippen LogP contribution in [-0.4, -0.2) is 78.2 Å². The van der Waals surface area contributed by atoms with Crippen LogP contribution in [0.15, 0.2) is 35.1 Å². The molecule has 208 valence electrons. The van der Waals surface area contributed by atoms with E-state index >= 15 is 0 Å². The Morgan fingerprint density at radius 3 is 2.34 bits per heavy atom. The summed E-state index contributed by atoms with van der Waals surface area (Å²) in [6.07, 6.45) is 4.06. The van der Waals surface area contributed by atoms with Crippen LogP contribution in [0.4, 0.5) is 0 Å². The predicted molar refractivity (Wildman–Crippen MR) is 137 cm³/mol. The molecule has 3 rings (SSSR count). The van der Waals surface area contributed by atoms with Crippen LogP contribution in [0.25, 0.3) is 0 Å². The van der Waals surface area contributed by atoms with Crippen molar-refractivity contribution in [1.82, 2.24) is 26.1 Å². The molecule has 12 heteroatoms. The highest BCUT2D eigenvalue weighted by Crippen LogP contribution is 2.29. The van der Waals surface area contributed by atoms with Crippen molar-refractivity contribution in [1.29, 1.82) is 0 Å². The molecule has 38 heavy (non-hydrogen) atoms. The Morgan fingerprint density at radius 1 is 1.16 bits per heavy atom. The van der Waals surface area contributed by atoms with E-state index in [1.807, 2.05) is 39.1 Å². The van der Waals surface area contributed by atoms with E-state index in [0.717, 1.165) is 0 Å². The van der Waals surface area contributed by atoms with Crippen LogP contribution in [0.5, 0.6) is 0 Å². The largest absolute Gasteiger partial charge is 0.382 e. The average molecular weight is 532 g/mol. The number of aryl methyl sites for hydroxylation is 2. The van der Waals surface area contributed by atoms with Crippen molar-refractivity contribution in [2.24, 2.45) is 5.92 Å². The van der Waals surface area contributed by atoms with Crippen LogP contribution in [0.3, 0.4) is 0 Å². The molecule has 0 saturated carbocycles. The van der Waals surface area contributed by atoms with Gasteiger partial charge in [-0.1, -0.05) is 25.1 Å². The zero-order chi connectivity index (χ0) is 28.3. The third-order valence-corrected chi connectivity index (χ3v) is 5.51. The summed E-state index contributed by atoms with van der Waals surface area (Å²) in [6.45, 7) is 9.08. The Bertz CT molecular complexity index is 1080. The summed E-state index contributed by atoms with van der Waals surface area (Å²) in [5.74, 6) is -1.31. The number of ether oxygens (including phenoxy) is 2. The molecular weight excluding hydrogens is 494 g/mol. The number of ketones is 1. The lowest BCUT2D eigenvalue weighted by atomic mass is 9.93. The molecule has 3 heterocycles. The van der Waals surface area contributed by atoms with Crippen molar-refractivity contribution < 1.29 is 33.2 Å². The number of epoxide rings is 1. The summed E-state index contributed by atoms with van der Waals surface area (Å²) in [6, 6.07) is 3.62. The van der Waals surface area contributed by atoms with Gasteiger partial charge in [-0.2, -0.15) is 0 Å². The maximum Gasteiger partial charge on any atom is 0.274 e. The number of nitrogens with one attached hydrogen (secondary N) is 3. The van der Waals surface area contributed by atoms with Crippen molar-refractivity contribution in [2.45, 2.75) is 58.7 Å². The number of nitrogens with zero attached hydrogens (tertiary/aromatic N) is 2. The van der Waals surface area contributed by atoms with E-state index in [9.17, 15) is 19.2 Å². The van der Waals surface area contributed by atoms with Crippen molar-refractivity contribution in [2.75, 3.05) is 26.9 Å². The molecule has 2 aromatic heterocycles. The van der Waals surface area contributed by atoms with E-state index in [1.165, 1.54) is 18.7 Å². The Kier molecular flexibility index (Phi) is 11.5. The van der Waals surface area contributed by atoms with Crippen LogP contribution in [-0.2, 0) is 23.9 Å². The van der Waals surface area contributed by atoms with Gasteiger partial charge in [0.05, 0.1) is 25.8 Å². The van der Waals surface area contributed by atoms with Gasteiger partial charge in [-0.25, -0.2) is 0 Å². The van der Waals surface area contributed by atoms with Crippen LogP contribution in [0.1, 0.15) is 49.0 Å². The average Bonchev–Trinajstić information content (AvgIpc) is 3.47. The van der Waals surface area contributed by atoms with E-state index in [0.29, 0.717) is 18.8 Å². The molecule has 0 spiro atoms. The third kappa shape index (κ3) is 10.0. The zero-order valence-corrected chi connectivity index (χ0v) is 22.7. The summed E-state index contributed by atoms with van der Waals surface area (Å²) < 4.78 is 15.0. The number of aromatic nitrogens is 2. The van der Waals surface area contributed by atoms with Crippen molar-refractivity contribution in [3.63, 3.8) is 0 Å². The van der Waals surface area contributed by atoms with Gasteiger partial charge in [0.25, 0.3) is 5.91 Å². The van der Waals surface area contributed by atoms with Gasteiger partial charge in [-0.3, -0.25) is 24.2 Å². The first kappa shape index (κ1) is 30.6. The number of hydrogen-bond acceptors (Lipinski definition) is 9. The highest BCUT2D eigenvalue weighted by molar-refractivity contribution is 5.98. The molecule has 3 N–H and O–H groups in total. The van der Waals surface area contributed by atoms with Crippen LogP contribution < -0.4 is 16.0 Å². The van der Waals surface area contributed by atoms with Gasteiger partial charge < -0.3 is 29.9 Å². The van der Waals surface area contributed by atoms with Crippen LogP contribution in [0, 0.1) is 19.8 Å². The van der Waals surface area contributed by atoms with Gasteiger partial charge in [-0.15, -0.1) is 0 Å². The minimum Gasteiger partial charge on any atom is -0.382 e. The fourth-order valence-electron chi connectivity index (χ4n) is 3.36. The Hall–Kier alpha value is -3.64.